The van der Waals surface area contributed by atoms with Crippen LogP contribution in [0.25, 0.3) is 11.3 Å². The molecule has 2 fully saturated rings. The highest BCUT2D eigenvalue weighted by Gasteiger charge is 2.25. The summed E-state index contributed by atoms with van der Waals surface area (Å²) in [6, 6.07) is 11.0. The number of aromatic carboxylic acids is 1. The Balaban J connectivity index is 1.41. The van der Waals surface area contributed by atoms with E-state index in [1.165, 1.54) is 32.1 Å². The number of hydrogen-bond donors (Lipinski definition) is 1. The molecule has 1 saturated heterocycles. The molecule has 6 heteroatoms. The van der Waals surface area contributed by atoms with Crippen LogP contribution in [-0.2, 0) is 0 Å². The van der Waals surface area contributed by atoms with Crippen LogP contribution in [0.15, 0.2) is 42.6 Å². The van der Waals surface area contributed by atoms with E-state index in [2.05, 4.69) is 9.88 Å². The molecule has 1 aliphatic heterocycles. The number of aromatic nitrogens is 1. The summed E-state index contributed by atoms with van der Waals surface area (Å²) >= 11 is 0. The molecule has 1 aromatic carbocycles. The number of benzene rings is 1. The third kappa shape index (κ3) is 4.70. The van der Waals surface area contributed by atoms with E-state index >= 15 is 0 Å². The standard InChI is InChI=1S/C24H29N3O3/c28-23(27-13-5-12-26(14-15-27)21-8-2-1-3-9-21)20-10-11-22(25-17-20)18-6-4-7-19(16-18)24(29)30/h4,6-7,10-11,16-17,21H,1-3,5,8-9,12-15H2,(H,29,30). The fourth-order valence-electron chi connectivity index (χ4n) is 4.64. The van der Waals surface area contributed by atoms with Crippen LogP contribution in [0.3, 0.4) is 0 Å². The third-order valence-corrected chi connectivity index (χ3v) is 6.32. The van der Waals surface area contributed by atoms with Gasteiger partial charge in [-0.2, -0.15) is 0 Å². The summed E-state index contributed by atoms with van der Waals surface area (Å²) in [4.78, 5) is 33.2. The topological polar surface area (TPSA) is 73.7 Å². The van der Waals surface area contributed by atoms with Gasteiger partial charge >= 0.3 is 5.97 Å². The van der Waals surface area contributed by atoms with Gasteiger partial charge in [0.25, 0.3) is 5.91 Å². The van der Waals surface area contributed by atoms with Crippen LogP contribution in [0.5, 0.6) is 0 Å². The molecule has 6 nitrogen and oxygen atoms in total. The highest BCUT2D eigenvalue weighted by Crippen LogP contribution is 2.24. The van der Waals surface area contributed by atoms with Crippen molar-refractivity contribution in [1.82, 2.24) is 14.8 Å². The predicted octanol–water partition coefficient (Wildman–Crippen LogP) is 3.93. The average Bonchev–Trinajstić information content (AvgIpc) is 3.06. The molecule has 0 spiro atoms. The Morgan fingerprint density at radius 2 is 1.73 bits per heavy atom. The lowest BCUT2D eigenvalue weighted by atomic mass is 9.94. The second kappa shape index (κ2) is 9.39. The molecule has 30 heavy (non-hydrogen) atoms. The molecule has 0 unspecified atom stereocenters. The van der Waals surface area contributed by atoms with Crippen molar-refractivity contribution in [3.05, 3.63) is 53.7 Å². The summed E-state index contributed by atoms with van der Waals surface area (Å²) in [6.45, 7) is 3.57. The maximum absolute atomic E-state index is 13.0. The number of carbonyl (C=O) groups is 2. The maximum atomic E-state index is 13.0. The Kier molecular flexibility index (Phi) is 6.43. The Morgan fingerprint density at radius 3 is 2.47 bits per heavy atom. The smallest absolute Gasteiger partial charge is 0.335 e. The van der Waals surface area contributed by atoms with Gasteiger partial charge in [0, 0.05) is 44.0 Å². The number of hydrogen-bond acceptors (Lipinski definition) is 4. The molecule has 1 aromatic heterocycles. The van der Waals surface area contributed by atoms with Crippen molar-refractivity contribution in [2.75, 3.05) is 26.2 Å². The highest BCUT2D eigenvalue weighted by molar-refractivity contribution is 5.94. The van der Waals surface area contributed by atoms with E-state index in [0.29, 0.717) is 17.3 Å². The average molecular weight is 408 g/mol. The van der Waals surface area contributed by atoms with Gasteiger partial charge in [-0.15, -0.1) is 0 Å². The van der Waals surface area contributed by atoms with Crippen LogP contribution in [0, 0.1) is 0 Å². The summed E-state index contributed by atoms with van der Waals surface area (Å²) in [5.41, 5.74) is 2.20. The van der Waals surface area contributed by atoms with Gasteiger partial charge in [0.05, 0.1) is 16.8 Å². The fraction of sp³-hybridized carbons (Fsp3) is 0.458. The number of carbonyl (C=O) groups excluding carboxylic acids is 1. The Labute approximate surface area is 177 Å². The van der Waals surface area contributed by atoms with Crippen molar-refractivity contribution in [3.8, 4) is 11.3 Å². The molecular weight excluding hydrogens is 378 g/mol. The Bertz CT molecular complexity index is 891. The quantitative estimate of drug-likeness (QED) is 0.831. The Morgan fingerprint density at radius 1 is 0.900 bits per heavy atom. The summed E-state index contributed by atoms with van der Waals surface area (Å²) in [5.74, 6) is -0.939. The first-order valence-electron chi connectivity index (χ1n) is 10.9. The molecule has 0 bridgehead atoms. The molecular formula is C24H29N3O3. The molecule has 4 rings (SSSR count). The van der Waals surface area contributed by atoms with Crippen LogP contribution >= 0.6 is 0 Å². The lowest BCUT2D eigenvalue weighted by Crippen LogP contribution is -2.40. The van der Waals surface area contributed by atoms with Crippen molar-refractivity contribution in [1.29, 1.82) is 0 Å². The highest BCUT2D eigenvalue weighted by atomic mass is 16.4. The SMILES string of the molecule is O=C(O)c1cccc(-c2ccc(C(=O)N3CCCN(C4CCCCC4)CC3)cn2)c1. The van der Waals surface area contributed by atoms with Crippen molar-refractivity contribution in [3.63, 3.8) is 0 Å². The van der Waals surface area contributed by atoms with E-state index in [9.17, 15) is 9.59 Å². The number of carboxylic acids is 1. The third-order valence-electron chi connectivity index (χ3n) is 6.32. The first-order valence-corrected chi connectivity index (χ1v) is 10.9. The largest absolute Gasteiger partial charge is 0.478 e. The summed E-state index contributed by atoms with van der Waals surface area (Å²) in [7, 11) is 0. The van der Waals surface area contributed by atoms with Crippen molar-refractivity contribution in [2.24, 2.45) is 0 Å². The molecule has 0 atom stereocenters. The molecule has 1 N–H and O–H groups in total. The zero-order valence-corrected chi connectivity index (χ0v) is 17.3. The van der Waals surface area contributed by atoms with Crippen molar-refractivity contribution < 1.29 is 14.7 Å². The fourth-order valence-corrected chi connectivity index (χ4v) is 4.64. The van der Waals surface area contributed by atoms with Crippen LogP contribution in [0.1, 0.15) is 59.2 Å². The normalized spacial score (nSPS) is 18.7. The lowest BCUT2D eigenvalue weighted by molar-refractivity contribution is 0.0695. The van der Waals surface area contributed by atoms with Crippen LogP contribution in [-0.4, -0.2) is 64.0 Å². The monoisotopic (exact) mass is 407 g/mol. The van der Waals surface area contributed by atoms with Gasteiger partial charge in [0.1, 0.15) is 0 Å². The number of carboxylic acid groups (broad SMARTS) is 1. The summed E-state index contributed by atoms with van der Waals surface area (Å²) in [6.07, 6.45) is 9.22. The molecule has 1 aliphatic carbocycles. The van der Waals surface area contributed by atoms with E-state index in [1.54, 1.807) is 36.5 Å². The van der Waals surface area contributed by atoms with E-state index in [4.69, 9.17) is 5.11 Å². The van der Waals surface area contributed by atoms with E-state index in [0.717, 1.165) is 38.2 Å². The first kappa shape index (κ1) is 20.5. The minimum absolute atomic E-state index is 0.0267. The predicted molar refractivity (Wildman–Crippen MR) is 116 cm³/mol. The second-order valence-electron chi connectivity index (χ2n) is 8.29. The first-order chi connectivity index (χ1) is 14.6. The van der Waals surface area contributed by atoms with Gasteiger partial charge in [-0.25, -0.2) is 4.79 Å². The van der Waals surface area contributed by atoms with Crippen LogP contribution in [0.4, 0.5) is 0 Å². The van der Waals surface area contributed by atoms with Crippen LogP contribution in [0.2, 0.25) is 0 Å². The van der Waals surface area contributed by atoms with Crippen LogP contribution < -0.4 is 0 Å². The molecule has 1 amide bonds. The molecule has 2 aliphatic rings. The molecule has 158 valence electrons. The molecule has 2 aromatic rings. The van der Waals surface area contributed by atoms with Gasteiger partial charge in [-0.1, -0.05) is 31.4 Å². The lowest BCUT2D eigenvalue weighted by Gasteiger charge is -2.33. The minimum Gasteiger partial charge on any atom is -0.478 e. The van der Waals surface area contributed by atoms with Gasteiger partial charge in [0.2, 0.25) is 0 Å². The van der Waals surface area contributed by atoms with E-state index < -0.39 is 5.97 Å². The van der Waals surface area contributed by atoms with Gasteiger partial charge in [-0.3, -0.25) is 14.7 Å². The molecule has 0 radical (unpaired) electrons. The minimum atomic E-state index is -0.966. The number of nitrogens with zero attached hydrogens (tertiary/aromatic N) is 3. The number of pyridine rings is 1. The van der Waals surface area contributed by atoms with Gasteiger partial charge in [-0.05, 0) is 43.5 Å². The zero-order chi connectivity index (χ0) is 20.9. The number of rotatable bonds is 4. The molecule has 2 heterocycles. The zero-order valence-electron chi connectivity index (χ0n) is 17.3. The second-order valence-corrected chi connectivity index (χ2v) is 8.29. The van der Waals surface area contributed by atoms with Crippen molar-refractivity contribution in [2.45, 2.75) is 44.6 Å². The summed E-state index contributed by atoms with van der Waals surface area (Å²) in [5, 5.41) is 9.17. The van der Waals surface area contributed by atoms with E-state index in [1.807, 2.05) is 11.0 Å². The van der Waals surface area contributed by atoms with Gasteiger partial charge < -0.3 is 10.0 Å². The van der Waals surface area contributed by atoms with Crippen molar-refractivity contribution >= 4 is 11.9 Å². The summed E-state index contributed by atoms with van der Waals surface area (Å²) < 4.78 is 0. The Hall–Kier alpha value is -2.73. The van der Waals surface area contributed by atoms with E-state index in [-0.39, 0.29) is 11.5 Å². The molecule has 1 saturated carbocycles. The maximum Gasteiger partial charge on any atom is 0.335 e. The van der Waals surface area contributed by atoms with Gasteiger partial charge in [0.15, 0.2) is 0 Å². The number of amides is 1.